The van der Waals surface area contributed by atoms with Crippen LogP contribution < -0.4 is 10.6 Å². The van der Waals surface area contributed by atoms with Crippen molar-refractivity contribution in [2.24, 2.45) is 0 Å². The van der Waals surface area contributed by atoms with E-state index in [0.717, 1.165) is 24.5 Å². The third-order valence-corrected chi connectivity index (χ3v) is 5.02. The minimum absolute atomic E-state index is 0.0163. The van der Waals surface area contributed by atoms with Crippen molar-refractivity contribution in [3.8, 4) is 0 Å². The van der Waals surface area contributed by atoms with Crippen molar-refractivity contribution in [3.63, 3.8) is 0 Å². The van der Waals surface area contributed by atoms with Gasteiger partial charge in [-0.3, -0.25) is 14.6 Å². The summed E-state index contributed by atoms with van der Waals surface area (Å²) in [5.41, 5.74) is 0.0477. The van der Waals surface area contributed by atoms with Crippen LogP contribution in [0.15, 0.2) is 36.8 Å². The van der Waals surface area contributed by atoms with Crippen LogP contribution in [0.5, 0.6) is 0 Å². The first-order valence-electron chi connectivity index (χ1n) is 8.88. The van der Waals surface area contributed by atoms with Gasteiger partial charge < -0.3 is 10.6 Å². The molecule has 0 spiro atoms. The zero-order chi connectivity index (χ0) is 22.8. The fraction of sp³-hybridized carbons (Fsp3) is 0.200. The van der Waals surface area contributed by atoms with Crippen LogP contribution in [-0.4, -0.2) is 28.0 Å². The molecule has 0 aliphatic carbocycles. The van der Waals surface area contributed by atoms with Crippen molar-refractivity contribution in [3.05, 3.63) is 69.2 Å². The van der Waals surface area contributed by atoms with Crippen LogP contribution in [0.3, 0.4) is 0 Å². The van der Waals surface area contributed by atoms with Crippen molar-refractivity contribution in [1.29, 1.82) is 0 Å². The summed E-state index contributed by atoms with van der Waals surface area (Å²) in [7, 11) is 0. The number of amides is 2. The Morgan fingerprint density at radius 1 is 1.03 bits per heavy atom. The number of carbonyl (C=O) groups excluding carboxylic acids is 2. The number of aromatic nitrogens is 2. The summed E-state index contributed by atoms with van der Waals surface area (Å²) in [4.78, 5) is 32.9. The molecule has 0 saturated heterocycles. The Labute approximate surface area is 178 Å². The number of carbonyl (C=O) groups is 2. The molecule has 3 rings (SSSR count). The molecule has 2 N–H and O–H groups in total. The second-order valence-electron chi connectivity index (χ2n) is 6.67. The zero-order valence-electron chi connectivity index (χ0n) is 16.3. The van der Waals surface area contributed by atoms with Crippen LogP contribution >= 0.6 is 11.3 Å². The van der Waals surface area contributed by atoms with Gasteiger partial charge in [0.15, 0.2) is 0 Å². The molecule has 1 aromatic carbocycles. The SMILES string of the molecule is Cc1ncc(C(=O)Nc2cc(C(=O)Nc3cncc(CC(F)(F)F)c3)c(F)cc2C)s1. The number of hydrogen-bond acceptors (Lipinski definition) is 5. The number of nitrogens with zero attached hydrogens (tertiary/aromatic N) is 2. The molecular weight excluding hydrogens is 436 g/mol. The Balaban J connectivity index is 1.81. The summed E-state index contributed by atoms with van der Waals surface area (Å²) in [6.45, 7) is 3.30. The van der Waals surface area contributed by atoms with E-state index in [1.165, 1.54) is 23.6 Å². The van der Waals surface area contributed by atoms with Gasteiger partial charge in [0.1, 0.15) is 10.7 Å². The molecule has 6 nitrogen and oxygen atoms in total. The molecule has 2 aromatic heterocycles. The van der Waals surface area contributed by atoms with E-state index in [1.54, 1.807) is 13.8 Å². The molecule has 0 saturated carbocycles. The van der Waals surface area contributed by atoms with E-state index in [2.05, 4.69) is 20.6 Å². The molecule has 162 valence electrons. The van der Waals surface area contributed by atoms with Crippen molar-refractivity contribution in [1.82, 2.24) is 9.97 Å². The Morgan fingerprint density at radius 2 is 1.77 bits per heavy atom. The molecule has 0 aliphatic heterocycles. The maximum Gasteiger partial charge on any atom is 0.393 e. The quantitative estimate of drug-likeness (QED) is 0.539. The molecule has 3 aromatic rings. The molecule has 0 atom stereocenters. The highest BCUT2D eigenvalue weighted by atomic mass is 32.1. The number of hydrogen-bond donors (Lipinski definition) is 2. The van der Waals surface area contributed by atoms with Crippen molar-refractivity contribution < 1.29 is 27.2 Å². The van der Waals surface area contributed by atoms with Gasteiger partial charge >= 0.3 is 6.18 Å². The minimum Gasteiger partial charge on any atom is -0.321 e. The average Bonchev–Trinajstić information content (AvgIpc) is 3.09. The second kappa shape index (κ2) is 8.80. The topological polar surface area (TPSA) is 84.0 Å². The van der Waals surface area contributed by atoms with Crippen LogP contribution in [0, 0.1) is 19.7 Å². The first kappa shape index (κ1) is 22.3. The van der Waals surface area contributed by atoms with Crippen molar-refractivity contribution in [2.75, 3.05) is 10.6 Å². The van der Waals surface area contributed by atoms with Gasteiger partial charge in [-0.2, -0.15) is 13.2 Å². The number of halogens is 4. The molecule has 0 aliphatic rings. The number of benzene rings is 1. The van der Waals surface area contributed by atoms with E-state index in [4.69, 9.17) is 0 Å². The van der Waals surface area contributed by atoms with Crippen molar-refractivity contribution >= 4 is 34.5 Å². The lowest BCUT2D eigenvalue weighted by Gasteiger charge is -2.12. The molecule has 0 unspecified atom stereocenters. The van der Waals surface area contributed by atoms with Crippen LogP contribution in [0.2, 0.25) is 0 Å². The molecule has 0 bridgehead atoms. The third-order valence-electron chi connectivity index (χ3n) is 4.11. The van der Waals surface area contributed by atoms with Crippen LogP contribution in [0.4, 0.5) is 28.9 Å². The Bertz CT molecular complexity index is 1140. The first-order chi connectivity index (χ1) is 14.5. The fourth-order valence-corrected chi connectivity index (χ4v) is 3.39. The van der Waals surface area contributed by atoms with Crippen molar-refractivity contribution in [2.45, 2.75) is 26.4 Å². The summed E-state index contributed by atoms with van der Waals surface area (Å²) >= 11 is 1.18. The number of rotatable bonds is 5. The first-order valence-corrected chi connectivity index (χ1v) is 9.69. The molecule has 11 heteroatoms. The van der Waals surface area contributed by atoms with Gasteiger partial charge in [0.05, 0.1) is 35.1 Å². The molecule has 0 radical (unpaired) electrons. The van der Waals surface area contributed by atoms with Crippen LogP contribution in [-0.2, 0) is 6.42 Å². The summed E-state index contributed by atoms with van der Waals surface area (Å²) < 4.78 is 52.1. The lowest BCUT2D eigenvalue weighted by atomic mass is 10.1. The number of alkyl halides is 3. The van der Waals surface area contributed by atoms with E-state index in [0.29, 0.717) is 15.4 Å². The summed E-state index contributed by atoms with van der Waals surface area (Å²) in [6, 6.07) is 3.36. The van der Waals surface area contributed by atoms with Gasteiger partial charge in [-0.1, -0.05) is 0 Å². The second-order valence-corrected chi connectivity index (χ2v) is 7.91. The monoisotopic (exact) mass is 452 g/mol. The molecular formula is C20H16F4N4O2S. The number of thiazole rings is 1. The Morgan fingerprint density at radius 3 is 2.42 bits per heavy atom. The zero-order valence-corrected chi connectivity index (χ0v) is 17.1. The molecule has 2 amide bonds. The van der Waals surface area contributed by atoms with E-state index < -0.39 is 30.2 Å². The number of pyridine rings is 1. The van der Waals surface area contributed by atoms with Gasteiger partial charge in [0, 0.05) is 11.9 Å². The van der Waals surface area contributed by atoms with Gasteiger partial charge in [-0.15, -0.1) is 11.3 Å². The highest BCUT2D eigenvalue weighted by Crippen LogP contribution is 2.25. The fourth-order valence-electron chi connectivity index (χ4n) is 2.71. The summed E-state index contributed by atoms with van der Waals surface area (Å²) in [5, 5.41) is 5.64. The third kappa shape index (κ3) is 5.85. The maximum absolute atomic E-state index is 14.4. The van der Waals surface area contributed by atoms with Gasteiger partial charge in [-0.25, -0.2) is 9.37 Å². The number of anilines is 2. The van der Waals surface area contributed by atoms with Crippen LogP contribution in [0.1, 0.15) is 36.2 Å². The van der Waals surface area contributed by atoms with E-state index in [1.807, 2.05) is 0 Å². The largest absolute Gasteiger partial charge is 0.393 e. The van der Waals surface area contributed by atoms with E-state index in [9.17, 15) is 27.2 Å². The average molecular weight is 452 g/mol. The summed E-state index contributed by atoms with van der Waals surface area (Å²) in [6.07, 6.45) is -2.06. The lowest BCUT2D eigenvalue weighted by Crippen LogP contribution is -2.17. The number of aryl methyl sites for hydroxylation is 2. The van der Waals surface area contributed by atoms with Gasteiger partial charge in [0.2, 0.25) is 0 Å². The van der Waals surface area contributed by atoms with Gasteiger partial charge in [-0.05, 0) is 43.2 Å². The smallest absolute Gasteiger partial charge is 0.321 e. The minimum atomic E-state index is -4.43. The highest BCUT2D eigenvalue weighted by molar-refractivity contribution is 7.13. The molecule has 2 heterocycles. The highest BCUT2D eigenvalue weighted by Gasteiger charge is 2.28. The van der Waals surface area contributed by atoms with E-state index in [-0.39, 0.29) is 22.5 Å². The van der Waals surface area contributed by atoms with Crippen LogP contribution in [0.25, 0.3) is 0 Å². The Kier molecular flexibility index (Phi) is 6.34. The van der Waals surface area contributed by atoms with Gasteiger partial charge in [0.25, 0.3) is 11.8 Å². The molecule has 31 heavy (non-hydrogen) atoms. The standard InChI is InChI=1S/C20H16F4N4O2S/c1-10-3-15(21)14(5-16(10)28-19(30)17-9-26-11(2)31-17)18(29)27-13-4-12(7-25-8-13)6-20(22,23)24/h3-5,7-9H,6H2,1-2H3,(H,27,29)(H,28,30). The summed E-state index contributed by atoms with van der Waals surface area (Å²) in [5.74, 6) is -2.20. The number of nitrogens with one attached hydrogen (secondary N) is 2. The molecule has 0 fully saturated rings. The predicted octanol–water partition coefficient (Wildman–Crippen LogP) is 4.90. The predicted molar refractivity (Wildman–Crippen MR) is 108 cm³/mol. The van der Waals surface area contributed by atoms with E-state index >= 15 is 0 Å². The normalized spacial score (nSPS) is 11.3. The lowest BCUT2D eigenvalue weighted by molar-refractivity contribution is -0.127. The Hall–Kier alpha value is -3.34. The maximum atomic E-state index is 14.4.